The van der Waals surface area contributed by atoms with Crippen LogP contribution >= 0.6 is 0 Å². The summed E-state index contributed by atoms with van der Waals surface area (Å²) >= 11 is 0. The third kappa shape index (κ3) is 3.56. The molecule has 0 saturated carbocycles. The van der Waals surface area contributed by atoms with Crippen molar-refractivity contribution in [2.75, 3.05) is 19.8 Å². The van der Waals surface area contributed by atoms with Crippen molar-refractivity contribution in [2.24, 2.45) is 0 Å². The van der Waals surface area contributed by atoms with Crippen LogP contribution in [0.25, 0.3) is 0 Å². The number of ether oxygens (including phenoxy) is 3. The number of esters is 1. The Bertz CT molecular complexity index is 503. The van der Waals surface area contributed by atoms with Crippen LogP contribution in [0.4, 0.5) is 5.69 Å². The first-order valence-corrected chi connectivity index (χ1v) is 6.17. The SMILES string of the molecule is CCOC(=O)c1cc([N+](=O)[O-])c(OCC)nc1OCC. The van der Waals surface area contributed by atoms with Crippen molar-refractivity contribution in [2.45, 2.75) is 20.8 Å². The summed E-state index contributed by atoms with van der Waals surface area (Å²) in [5, 5.41) is 11.0. The Hall–Kier alpha value is -2.38. The Kier molecular flexibility index (Phi) is 5.70. The van der Waals surface area contributed by atoms with Crippen LogP contribution in [-0.2, 0) is 4.74 Å². The molecule has 110 valence electrons. The Morgan fingerprint density at radius 2 is 1.80 bits per heavy atom. The first-order chi connectivity index (χ1) is 9.54. The lowest BCUT2D eigenvalue weighted by Gasteiger charge is -2.10. The second-order valence-electron chi connectivity index (χ2n) is 3.51. The lowest BCUT2D eigenvalue weighted by Crippen LogP contribution is -2.11. The molecule has 1 aromatic rings. The fourth-order valence-corrected chi connectivity index (χ4v) is 1.45. The van der Waals surface area contributed by atoms with E-state index in [1.165, 1.54) is 0 Å². The van der Waals surface area contributed by atoms with Crippen LogP contribution in [0.2, 0.25) is 0 Å². The molecule has 0 N–H and O–H groups in total. The Labute approximate surface area is 115 Å². The molecule has 8 heteroatoms. The van der Waals surface area contributed by atoms with E-state index in [-0.39, 0.29) is 37.1 Å². The average molecular weight is 284 g/mol. The van der Waals surface area contributed by atoms with Gasteiger partial charge in [0.15, 0.2) is 0 Å². The Morgan fingerprint density at radius 1 is 1.20 bits per heavy atom. The molecular weight excluding hydrogens is 268 g/mol. The number of nitro groups is 1. The van der Waals surface area contributed by atoms with Crippen molar-refractivity contribution in [3.63, 3.8) is 0 Å². The smallest absolute Gasteiger partial charge is 0.343 e. The van der Waals surface area contributed by atoms with Gasteiger partial charge in [0.25, 0.3) is 5.88 Å². The van der Waals surface area contributed by atoms with Gasteiger partial charge in [-0.2, -0.15) is 4.98 Å². The van der Waals surface area contributed by atoms with Gasteiger partial charge in [-0.15, -0.1) is 0 Å². The molecule has 0 aliphatic carbocycles. The van der Waals surface area contributed by atoms with Crippen LogP contribution in [0, 0.1) is 10.1 Å². The van der Waals surface area contributed by atoms with Crippen molar-refractivity contribution in [1.82, 2.24) is 4.98 Å². The third-order valence-corrected chi connectivity index (χ3v) is 2.19. The molecule has 0 aliphatic rings. The zero-order chi connectivity index (χ0) is 15.1. The summed E-state index contributed by atoms with van der Waals surface area (Å²) in [5.74, 6) is -0.955. The fraction of sp³-hybridized carbons (Fsp3) is 0.500. The van der Waals surface area contributed by atoms with Gasteiger partial charge >= 0.3 is 11.7 Å². The molecule has 0 aromatic carbocycles. The van der Waals surface area contributed by atoms with Crippen LogP contribution in [0.3, 0.4) is 0 Å². The van der Waals surface area contributed by atoms with Crippen molar-refractivity contribution in [1.29, 1.82) is 0 Å². The standard InChI is InChI=1S/C12H16N2O6/c1-4-18-10-8(12(15)20-6-3)7-9(14(16)17)11(13-10)19-5-2/h7H,4-6H2,1-3H3. The van der Waals surface area contributed by atoms with E-state index in [0.717, 1.165) is 6.07 Å². The average Bonchev–Trinajstić information content (AvgIpc) is 2.39. The second-order valence-corrected chi connectivity index (χ2v) is 3.51. The minimum Gasteiger partial charge on any atom is -0.477 e. The number of nitrogens with zero attached hydrogens (tertiary/aromatic N) is 2. The minimum absolute atomic E-state index is 0.0417. The first kappa shape index (κ1) is 15.7. The summed E-state index contributed by atoms with van der Waals surface area (Å²) in [6.07, 6.45) is 0. The number of aromatic nitrogens is 1. The summed E-state index contributed by atoms with van der Waals surface area (Å²) in [5.41, 5.74) is -0.498. The van der Waals surface area contributed by atoms with E-state index in [2.05, 4.69) is 4.98 Å². The van der Waals surface area contributed by atoms with E-state index in [9.17, 15) is 14.9 Å². The molecule has 0 fully saturated rings. The van der Waals surface area contributed by atoms with Gasteiger partial charge in [0.05, 0.1) is 24.7 Å². The lowest BCUT2D eigenvalue weighted by atomic mass is 10.2. The molecule has 0 radical (unpaired) electrons. The van der Waals surface area contributed by atoms with Gasteiger partial charge < -0.3 is 14.2 Å². The van der Waals surface area contributed by atoms with Gasteiger partial charge in [-0.3, -0.25) is 10.1 Å². The van der Waals surface area contributed by atoms with E-state index < -0.39 is 16.6 Å². The van der Waals surface area contributed by atoms with E-state index in [4.69, 9.17) is 14.2 Å². The van der Waals surface area contributed by atoms with Crippen LogP contribution in [0.5, 0.6) is 11.8 Å². The van der Waals surface area contributed by atoms with Crippen LogP contribution in [0.1, 0.15) is 31.1 Å². The van der Waals surface area contributed by atoms with Crippen molar-refractivity contribution < 1.29 is 23.9 Å². The lowest BCUT2D eigenvalue weighted by molar-refractivity contribution is -0.386. The van der Waals surface area contributed by atoms with E-state index in [0.29, 0.717) is 0 Å². The molecule has 1 aromatic heterocycles. The minimum atomic E-state index is -0.727. The van der Waals surface area contributed by atoms with Gasteiger partial charge in [-0.25, -0.2) is 4.79 Å². The predicted octanol–water partition coefficient (Wildman–Crippen LogP) is 1.96. The monoisotopic (exact) mass is 284 g/mol. The zero-order valence-electron chi connectivity index (χ0n) is 11.5. The molecule has 20 heavy (non-hydrogen) atoms. The summed E-state index contributed by atoms with van der Waals surface area (Å²) in [6, 6.07) is 1.06. The number of rotatable bonds is 7. The number of carbonyl (C=O) groups is 1. The zero-order valence-corrected chi connectivity index (χ0v) is 11.5. The third-order valence-electron chi connectivity index (χ3n) is 2.19. The van der Waals surface area contributed by atoms with Crippen molar-refractivity contribution >= 4 is 11.7 Å². The number of pyridine rings is 1. The molecular formula is C12H16N2O6. The molecule has 1 heterocycles. The quantitative estimate of drug-likeness (QED) is 0.428. The van der Waals surface area contributed by atoms with Gasteiger partial charge in [-0.1, -0.05) is 0 Å². The van der Waals surface area contributed by atoms with Gasteiger partial charge in [0, 0.05) is 6.07 Å². The molecule has 1 rings (SSSR count). The molecule has 0 bridgehead atoms. The highest BCUT2D eigenvalue weighted by Gasteiger charge is 2.26. The van der Waals surface area contributed by atoms with Crippen LogP contribution in [0.15, 0.2) is 6.07 Å². The topological polar surface area (TPSA) is 101 Å². The summed E-state index contributed by atoms with van der Waals surface area (Å²) in [6.45, 7) is 5.62. The van der Waals surface area contributed by atoms with Crippen LogP contribution in [-0.4, -0.2) is 35.7 Å². The van der Waals surface area contributed by atoms with Crippen molar-refractivity contribution in [3.05, 3.63) is 21.7 Å². The first-order valence-electron chi connectivity index (χ1n) is 6.17. The number of hydrogen-bond acceptors (Lipinski definition) is 7. The maximum atomic E-state index is 11.8. The van der Waals surface area contributed by atoms with Gasteiger partial charge in [-0.05, 0) is 20.8 Å². The van der Waals surface area contributed by atoms with E-state index in [1.54, 1.807) is 20.8 Å². The summed E-state index contributed by atoms with van der Waals surface area (Å²) in [7, 11) is 0. The molecule has 0 aliphatic heterocycles. The van der Waals surface area contributed by atoms with Crippen LogP contribution < -0.4 is 9.47 Å². The molecule has 0 saturated heterocycles. The predicted molar refractivity (Wildman–Crippen MR) is 69.2 cm³/mol. The van der Waals surface area contributed by atoms with Gasteiger partial charge in [0.1, 0.15) is 5.56 Å². The molecule has 0 atom stereocenters. The second kappa shape index (κ2) is 7.27. The highest BCUT2D eigenvalue weighted by molar-refractivity contribution is 5.93. The maximum Gasteiger partial charge on any atom is 0.343 e. The molecule has 0 spiro atoms. The normalized spacial score (nSPS) is 9.95. The summed E-state index contributed by atoms with van der Waals surface area (Å²) in [4.78, 5) is 26.0. The van der Waals surface area contributed by atoms with Crippen molar-refractivity contribution in [3.8, 4) is 11.8 Å². The maximum absolute atomic E-state index is 11.8. The number of carbonyl (C=O) groups excluding carboxylic acids is 1. The summed E-state index contributed by atoms with van der Waals surface area (Å²) < 4.78 is 15.1. The highest BCUT2D eigenvalue weighted by atomic mass is 16.6. The van der Waals surface area contributed by atoms with E-state index in [1.807, 2.05) is 0 Å². The fourth-order valence-electron chi connectivity index (χ4n) is 1.45. The van der Waals surface area contributed by atoms with E-state index >= 15 is 0 Å². The molecule has 0 amide bonds. The Morgan fingerprint density at radius 3 is 2.30 bits per heavy atom. The highest BCUT2D eigenvalue weighted by Crippen LogP contribution is 2.31. The number of hydrogen-bond donors (Lipinski definition) is 0. The Balaban J connectivity index is 3.36. The van der Waals surface area contributed by atoms with Gasteiger partial charge in [0.2, 0.25) is 5.88 Å². The molecule has 8 nitrogen and oxygen atoms in total. The molecule has 0 unspecified atom stereocenters. The largest absolute Gasteiger partial charge is 0.477 e.